The quantitative estimate of drug-likeness (QED) is 0.478. The highest BCUT2D eigenvalue weighted by Gasteiger charge is 1.86. The second kappa shape index (κ2) is 4.09. The maximum atomic E-state index is 3.40. The zero-order chi connectivity index (χ0) is 4.99. The van der Waals surface area contributed by atoms with Crippen LogP contribution in [0.3, 0.4) is 0 Å². The monoisotopic (exact) mass is 228 g/mol. The third-order valence-electron chi connectivity index (χ3n) is 0.338. The van der Waals surface area contributed by atoms with Crippen molar-refractivity contribution in [3.05, 3.63) is 11.8 Å². The SMILES string of the molecule is CC=C[SiH](Br)Br. The third-order valence-corrected chi connectivity index (χ3v) is 2.85. The summed E-state index contributed by atoms with van der Waals surface area (Å²) >= 11 is 6.81. The van der Waals surface area contributed by atoms with E-state index in [1.807, 2.05) is 13.0 Å². The van der Waals surface area contributed by atoms with Crippen LogP contribution in [0.1, 0.15) is 6.92 Å². The summed E-state index contributed by atoms with van der Waals surface area (Å²) in [5.74, 6) is 0. The summed E-state index contributed by atoms with van der Waals surface area (Å²) in [6.07, 6.45) is 2.04. The molecule has 0 heterocycles. The average Bonchev–Trinajstić information content (AvgIpc) is 1.35. The van der Waals surface area contributed by atoms with Crippen LogP contribution >= 0.6 is 30.6 Å². The van der Waals surface area contributed by atoms with E-state index >= 15 is 0 Å². The normalized spacial score (nSPS) is 11.3. The predicted octanol–water partition coefficient (Wildman–Crippen LogP) is 2.11. The van der Waals surface area contributed by atoms with Crippen LogP contribution in [0.25, 0.3) is 0 Å². The van der Waals surface area contributed by atoms with Gasteiger partial charge in [0.25, 0.3) is 0 Å². The Morgan fingerprint density at radius 2 is 2.00 bits per heavy atom. The Balaban J connectivity index is 3.03. The van der Waals surface area contributed by atoms with Crippen LogP contribution in [0.15, 0.2) is 11.8 Å². The minimum Gasteiger partial charge on any atom is -0.110 e. The lowest BCUT2D eigenvalue weighted by atomic mass is 10.8. The number of hydrogen-bond donors (Lipinski definition) is 0. The fraction of sp³-hybridized carbons (Fsp3) is 0.333. The van der Waals surface area contributed by atoms with Crippen LogP contribution < -0.4 is 0 Å². The van der Waals surface area contributed by atoms with Crippen LogP contribution in [-0.4, -0.2) is 6.04 Å². The fourth-order valence-corrected chi connectivity index (χ4v) is 2.27. The number of halogens is 2. The topological polar surface area (TPSA) is 0 Å². The summed E-state index contributed by atoms with van der Waals surface area (Å²) in [5, 5.41) is 0. The Bertz CT molecular complexity index is 50.8. The van der Waals surface area contributed by atoms with E-state index in [0.717, 1.165) is 0 Å². The molecule has 0 aliphatic carbocycles. The van der Waals surface area contributed by atoms with Crippen LogP contribution in [0.5, 0.6) is 0 Å². The molecule has 0 unspecified atom stereocenters. The van der Waals surface area contributed by atoms with Gasteiger partial charge in [0.2, 0.25) is 6.04 Å². The van der Waals surface area contributed by atoms with Gasteiger partial charge in [-0.15, -0.1) is 30.6 Å². The molecule has 0 saturated carbocycles. The van der Waals surface area contributed by atoms with Gasteiger partial charge in [-0.25, -0.2) is 0 Å². The minimum atomic E-state index is -0.726. The summed E-state index contributed by atoms with van der Waals surface area (Å²) < 4.78 is 0. The van der Waals surface area contributed by atoms with Crippen LogP contribution in [0.2, 0.25) is 0 Å². The van der Waals surface area contributed by atoms with Gasteiger partial charge in [0.15, 0.2) is 0 Å². The lowest BCUT2D eigenvalue weighted by molar-refractivity contribution is 1.78. The molecule has 6 heavy (non-hydrogen) atoms. The van der Waals surface area contributed by atoms with Gasteiger partial charge in [0.05, 0.1) is 0 Å². The highest BCUT2D eigenvalue weighted by molar-refractivity contribution is 9.49. The molecule has 0 bridgehead atoms. The molecule has 0 fully saturated rings. The van der Waals surface area contributed by atoms with E-state index in [1.54, 1.807) is 0 Å². The summed E-state index contributed by atoms with van der Waals surface area (Å²) in [6, 6.07) is -0.726. The second-order valence-corrected chi connectivity index (χ2v) is 11.5. The zero-order valence-corrected chi connectivity index (χ0v) is 7.81. The first-order valence-electron chi connectivity index (χ1n) is 1.68. The van der Waals surface area contributed by atoms with Gasteiger partial charge >= 0.3 is 0 Å². The summed E-state index contributed by atoms with van der Waals surface area (Å²) in [7, 11) is 0. The summed E-state index contributed by atoms with van der Waals surface area (Å²) in [6.45, 7) is 2.02. The molecule has 0 N–H and O–H groups in total. The maximum Gasteiger partial charge on any atom is 0.208 e. The van der Waals surface area contributed by atoms with Gasteiger partial charge in [0, 0.05) is 0 Å². The first-order valence-corrected chi connectivity index (χ1v) is 8.71. The van der Waals surface area contributed by atoms with E-state index in [-0.39, 0.29) is 0 Å². The third kappa shape index (κ3) is 4.92. The van der Waals surface area contributed by atoms with Gasteiger partial charge in [-0.05, 0) is 6.92 Å². The van der Waals surface area contributed by atoms with E-state index in [2.05, 4.69) is 36.3 Å². The number of rotatable bonds is 1. The van der Waals surface area contributed by atoms with E-state index in [0.29, 0.717) is 0 Å². The first-order chi connectivity index (χ1) is 2.77. The highest BCUT2D eigenvalue weighted by Crippen LogP contribution is 2.01. The van der Waals surface area contributed by atoms with E-state index in [4.69, 9.17) is 0 Å². The Morgan fingerprint density at radius 1 is 1.50 bits per heavy atom. The van der Waals surface area contributed by atoms with Crippen molar-refractivity contribution in [1.29, 1.82) is 0 Å². The highest BCUT2D eigenvalue weighted by atomic mass is 79.9. The lowest BCUT2D eigenvalue weighted by Gasteiger charge is -1.78. The Labute approximate surface area is 55.4 Å². The molecule has 0 aliphatic rings. The molecule has 3 heteroatoms. The number of hydrogen-bond acceptors (Lipinski definition) is 0. The molecule has 0 aromatic heterocycles. The van der Waals surface area contributed by atoms with Crippen LogP contribution in [0, 0.1) is 0 Å². The molecule has 36 valence electrons. The molecule has 0 saturated heterocycles. The molecule has 0 atom stereocenters. The van der Waals surface area contributed by atoms with Crippen LogP contribution in [0.4, 0.5) is 0 Å². The largest absolute Gasteiger partial charge is 0.208 e. The molecule has 0 aromatic rings. The zero-order valence-electron chi connectivity index (χ0n) is 3.49. The van der Waals surface area contributed by atoms with Gasteiger partial charge in [-0.1, -0.05) is 11.8 Å². The molecule has 0 aromatic carbocycles. The molecule has 0 rings (SSSR count). The van der Waals surface area contributed by atoms with Crippen molar-refractivity contribution in [2.24, 2.45) is 0 Å². The standard InChI is InChI=1S/C3H6Br2Si/c1-2-3-6(4)5/h2-3,6H,1H3. The molecule has 0 aliphatic heterocycles. The van der Waals surface area contributed by atoms with Crippen molar-refractivity contribution < 1.29 is 0 Å². The number of allylic oxidation sites excluding steroid dienone is 1. The Hall–Kier alpha value is 0.917. The minimum absolute atomic E-state index is 0.726. The van der Waals surface area contributed by atoms with Crippen molar-refractivity contribution in [3.63, 3.8) is 0 Å². The van der Waals surface area contributed by atoms with Crippen molar-refractivity contribution in [3.8, 4) is 0 Å². The van der Waals surface area contributed by atoms with Gasteiger partial charge in [0.1, 0.15) is 0 Å². The molecular formula is C3H6Br2Si. The van der Waals surface area contributed by atoms with E-state index in [1.165, 1.54) is 0 Å². The van der Waals surface area contributed by atoms with Gasteiger partial charge in [-0.3, -0.25) is 0 Å². The van der Waals surface area contributed by atoms with Crippen molar-refractivity contribution in [1.82, 2.24) is 0 Å². The molecular weight excluding hydrogens is 224 g/mol. The molecule has 0 spiro atoms. The van der Waals surface area contributed by atoms with E-state index < -0.39 is 6.04 Å². The Kier molecular flexibility index (Phi) is 4.71. The van der Waals surface area contributed by atoms with Crippen molar-refractivity contribution >= 4 is 36.6 Å². The maximum absolute atomic E-state index is 3.40. The van der Waals surface area contributed by atoms with Gasteiger partial charge in [-0.2, -0.15) is 0 Å². The van der Waals surface area contributed by atoms with Crippen molar-refractivity contribution in [2.75, 3.05) is 0 Å². The first kappa shape index (κ1) is 6.92. The van der Waals surface area contributed by atoms with Crippen LogP contribution in [-0.2, 0) is 0 Å². The smallest absolute Gasteiger partial charge is 0.110 e. The predicted molar refractivity (Wildman–Crippen MR) is 39.8 cm³/mol. The van der Waals surface area contributed by atoms with Crippen molar-refractivity contribution in [2.45, 2.75) is 6.92 Å². The van der Waals surface area contributed by atoms with E-state index in [9.17, 15) is 0 Å². The molecule has 0 amide bonds. The van der Waals surface area contributed by atoms with Gasteiger partial charge < -0.3 is 0 Å². The summed E-state index contributed by atoms with van der Waals surface area (Å²) in [5.41, 5.74) is 2.14. The molecule has 0 nitrogen and oxygen atoms in total. The average molecular weight is 230 g/mol. The second-order valence-electron chi connectivity index (χ2n) is 0.860. The fourth-order valence-electron chi connectivity index (χ4n) is 0.145. The molecule has 0 radical (unpaired) electrons. The summed E-state index contributed by atoms with van der Waals surface area (Å²) in [4.78, 5) is 0. The lowest BCUT2D eigenvalue weighted by Crippen LogP contribution is -1.78. The Morgan fingerprint density at radius 3 is 2.00 bits per heavy atom.